The van der Waals surface area contributed by atoms with E-state index >= 15 is 0 Å². The lowest BCUT2D eigenvalue weighted by Crippen LogP contribution is -2.56. The van der Waals surface area contributed by atoms with Crippen molar-refractivity contribution in [1.29, 1.82) is 0 Å². The van der Waals surface area contributed by atoms with Gasteiger partial charge in [-0.2, -0.15) is 0 Å². The summed E-state index contributed by atoms with van der Waals surface area (Å²) in [5, 5.41) is 2.68. The Labute approximate surface area is 171 Å². The SMILES string of the molecule is O=C1COc2ccc(C(=O)COC(=O)C34C[C@H]5C[C@@H](CC(Br)(C5)C3)C4)cc2N1. The van der Waals surface area contributed by atoms with E-state index in [0.717, 1.165) is 32.1 Å². The maximum atomic E-state index is 13.0. The second-order valence-corrected chi connectivity index (χ2v) is 10.6. The number of carbonyl (C=O) groups excluding carboxylic acids is 3. The van der Waals surface area contributed by atoms with Crippen LogP contribution in [0.4, 0.5) is 5.69 Å². The standard InChI is InChI=1S/C21H22BrNO5/c22-21-7-12-3-13(8-21)6-20(5-12,11-21)19(26)28-9-16(24)14-1-2-17-15(4-14)23-18(25)10-27-17/h1-2,4,12-13H,3,5-11H2,(H,23,25)/t12-,13-,20?,21?/m1/s1. The van der Waals surface area contributed by atoms with Gasteiger partial charge in [0, 0.05) is 9.89 Å². The topological polar surface area (TPSA) is 81.7 Å². The third-order valence-corrected chi connectivity index (χ3v) is 7.62. The van der Waals surface area contributed by atoms with E-state index in [9.17, 15) is 14.4 Å². The fourth-order valence-corrected chi connectivity index (χ4v) is 7.47. The van der Waals surface area contributed by atoms with E-state index in [1.807, 2.05) is 0 Å². The molecule has 4 aliphatic carbocycles. The molecule has 4 bridgehead atoms. The minimum atomic E-state index is -0.439. The maximum absolute atomic E-state index is 13.0. The number of anilines is 1. The quantitative estimate of drug-likeness (QED) is 0.434. The number of ether oxygens (including phenoxy) is 2. The van der Waals surface area contributed by atoms with Gasteiger partial charge in [-0.25, -0.2) is 0 Å². The Balaban J connectivity index is 1.27. The van der Waals surface area contributed by atoms with E-state index in [1.54, 1.807) is 18.2 Å². The summed E-state index contributed by atoms with van der Waals surface area (Å²) in [5.41, 5.74) is 0.418. The number of halogens is 1. The van der Waals surface area contributed by atoms with Crippen LogP contribution in [0.2, 0.25) is 0 Å². The first-order valence-corrected chi connectivity index (χ1v) is 10.6. The summed E-state index contributed by atoms with van der Waals surface area (Å²) in [4.78, 5) is 37.0. The van der Waals surface area contributed by atoms with Gasteiger partial charge in [0.1, 0.15) is 5.75 Å². The van der Waals surface area contributed by atoms with Crippen LogP contribution >= 0.6 is 15.9 Å². The van der Waals surface area contributed by atoms with E-state index in [4.69, 9.17) is 9.47 Å². The Morgan fingerprint density at radius 3 is 2.68 bits per heavy atom. The summed E-state index contributed by atoms with van der Waals surface area (Å²) in [6.07, 6.45) is 6.06. The highest BCUT2D eigenvalue weighted by Crippen LogP contribution is 2.64. The van der Waals surface area contributed by atoms with E-state index in [-0.39, 0.29) is 35.2 Å². The highest BCUT2D eigenvalue weighted by atomic mass is 79.9. The van der Waals surface area contributed by atoms with E-state index in [2.05, 4.69) is 21.2 Å². The molecule has 6 rings (SSSR count). The van der Waals surface area contributed by atoms with Crippen molar-refractivity contribution in [3.05, 3.63) is 23.8 Å². The molecule has 0 radical (unpaired) electrons. The fraction of sp³-hybridized carbons (Fsp3) is 0.571. The molecule has 1 amide bonds. The number of Topliss-reactive ketones (excluding diaryl/α,β-unsaturated/α-hetero) is 1. The number of rotatable bonds is 4. The molecule has 4 saturated carbocycles. The number of ketones is 1. The minimum absolute atomic E-state index is 0.0307. The molecule has 7 heteroatoms. The van der Waals surface area contributed by atoms with Crippen LogP contribution < -0.4 is 10.1 Å². The summed E-state index contributed by atoms with van der Waals surface area (Å²) in [7, 11) is 0. The monoisotopic (exact) mass is 447 g/mol. The predicted octanol–water partition coefficient (Wildman–Crippen LogP) is 3.48. The molecule has 28 heavy (non-hydrogen) atoms. The van der Waals surface area contributed by atoms with Gasteiger partial charge in [0.25, 0.3) is 5.91 Å². The molecular formula is C21H22BrNO5. The Kier molecular flexibility index (Phi) is 4.09. The number of nitrogens with one attached hydrogen (secondary N) is 1. The third kappa shape index (κ3) is 3.04. The molecule has 4 fully saturated rings. The van der Waals surface area contributed by atoms with Crippen molar-refractivity contribution in [1.82, 2.24) is 0 Å². The highest BCUT2D eigenvalue weighted by molar-refractivity contribution is 9.10. The average Bonchev–Trinajstić information content (AvgIpc) is 2.63. The number of benzene rings is 1. The Morgan fingerprint density at radius 1 is 1.21 bits per heavy atom. The summed E-state index contributed by atoms with van der Waals surface area (Å²) in [6, 6.07) is 4.85. The first kappa shape index (κ1) is 18.2. The second-order valence-electron chi connectivity index (χ2n) is 8.94. The first-order valence-electron chi connectivity index (χ1n) is 9.80. The summed E-state index contributed by atoms with van der Waals surface area (Å²) in [5.74, 6) is 0.919. The summed E-state index contributed by atoms with van der Waals surface area (Å²) >= 11 is 3.90. The minimum Gasteiger partial charge on any atom is -0.482 e. The zero-order valence-corrected chi connectivity index (χ0v) is 17.0. The normalized spacial score (nSPS) is 35.0. The summed E-state index contributed by atoms with van der Waals surface area (Å²) in [6.45, 7) is -0.310. The lowest BCUT2D eigenvalue weighted by molar-refractivity contribution is -0.168. The lowest BCUT2D eigenvalue weighted by Gasteiger charge is -2.58. The van der Waals surface area contributed by atoms with Crippen molar-refractivity contribution in [3.8, 4) is 5.75 Å². The Hall–Kier alpha value is -1.89. The van der Waals surface area contributed by atoms with E-state index < -0.39 is 5.41 Å². The van der Waals surface area contributed by atoms with Crippen molar-refractivity contribution in [2.75, 3.05) is 18.5 Å². The molecule has 6 nitrogen and oxygen atoms in total. The number of alkyl halides is 1. The third-order valence-electron chi connectivity index (χ3n) is 6.69. The van der Waals surface area contributed by atoms with Crippen LogP contribution in [0.5, 0.6) is 5.75 Å². The van der Waals surface area contributed by atoms with Gasteiger partial charge in [0.2, 0.25) is 0 Å². The molecule has 0 spiro atoms. The number of fused-ring (bicyclic) bond motifs is 1. The van der Waals surface area contributed by atoms with Gasteiger partial charge in [0.05, 0.1) is 11.1 Å². The lowest BCUT2D eigenvalue weighted by atomic mass is 9.49. The van der Waals surface area contributed by atoms with Crippen molar-refractivity contribution in [2.45, 2.75) is 42.8 Å². The Bertz CT molecular complexity index is 868. The molecule has 1 aliphatic heterocycles. The smallest absolute Gasteiger partial charge is 0.312 e. The van der Waals surface area contributed by atoms with Gasteiger partial charge >= 0.3 is 5.97 Å². The molecule has 1 N–H and O–H groups in total. The van der Waals surface area contributed by atoms with Crippen LogP contribution in [-0.4, -0.2) is 35.2 Å². The molecule has 0 unspecified atom stereocenters. The Morgan fingerprint density at radius 2 is 1.96 bits per heavy atom. The molecule has 0 aromatic heterocycles. The van der Waals surface area contributed by atoms with Crippen LogP contribution in [0, 0.1) is 17.3 Å². The van der Waals surface area contributed by atoms with Crippen molar-refractivity contribution < 1.29 is 23.9 Å². The van der Waals surface area contributed by atoms with Gasteiger partial charge < -0.3 is 14.8 Å². The molecule has 148 valence electrons. The van der Waals surface area contributed by atoms with E-state index in [1.165, 1.54) is 6.42 Å². The molecule has 0 saturated heterocycles. The van der Waals surface area contributed by atoms with Crippen molar-refractivity contribution in [3.63, 3.8) is 0 Å². The molecule has 2 atom stereocenters. The largest absolute Gasteiger partial charge is 0.482 e. The average molecular weight is 448 g/mol. The van der Waals surface area contributed by atoms with Crippen LogP contribution in [0.25, 0.3) is 0 Å². The van der Waals surface area contributed by atoms with Gasteiger partial charge in [-0.05, 0) is 68.6 Å². The molecule has 1 heterocycles. The number of amides is 1. The maximum Gasteiger partial charge on any atom is 0.312 e. The molecule has 1 aromatic carbocycles. The molecule has 5 aliphatic rings. The zero-order valence-electron chi connectivity index (χ0n) is 15.5. The van der Waals surface area contributed by atoms with Crippen LogP contribution in [0.1, 0.15) is 48.9 Å². The number of hydrogen-bond donors (Lipinski definition) is 1. The van der Waals surface area contributed by atoms with Gasteiger partial charge in [-0.1, -0.05) is 15.9 Å². The van der Waals surface area contributed by atoms with Gasteiger partial charge in [0.15, 0.2) is 19.0 Å². The summed E-state index contributed by atoms with van der Waals surface area (Å²) < 4.78 is 10.9. The van der Waals surface area contributed by atoms with Crippen molar-refractivity contribution >= 4 is 39.3 Å². The van der Waals surface area contributed by atoms with Gasteiger partial charge in [-0.3, -0.25) is 14.4 Å². The van der Waals surface area contributed by atoms with E-state index in [0.29, 0.717) is 28.8 Å². The van der Waals surface area contributed by atoms with Gasteiger partial charge in [-0.15, -0.1) is 0 Å². The van der Waals surface area contributed by atoms with Crippen molar-refractivity contribution in [2.24, 2.45) is 17.3 Å². The predicted molar refractivity (Wildman–Crippen MR) is 105 cm³/mol. The zero-order chi connectivity index (χ0) is 19.5. The number of carbonyl (C=O) groups is 3. The highest BCUT2D eigenvalue weighted by Gasteiger charge is 2.60. The van der Waals surface area contributed by atoms with Crippen LogP contribution in [-0.2, 0) is 14.3 Å². The van der Waals surface area contributed by atoms with Crippen LogP contribution in [0.3, 0.4) is 0 Å². The molecule has 1 aromatic rings. The number of hydrogen-bond acceptors (Lipinski definition) is 5. The fourth-order valence-electron chi connectivity index (χ4n) is 6.01. The first-order chi connectivity index (χ1) is 13.3. The number of esters is 1. The molecular weight excluding hydrogens is 426 g/mol. The second kappa shape index (κ2) is 6.31. The van der Waals surface area contributed by atoms with Crippen LogP contribution in [0.15, 0.2) is 18.2 Å².